The van der Waals surface area contributed by atoms with Gasteiger partial charge in [0.15, 0.2) is 0 Å². The highest BCUT2D eigenvalue weighted by molar-refractivity contribution is 7.21. The quantitative estimate of drug-likeness (QED) is 0.544. The number of benzene rings is 1. The van der Waals surface area contributed by atoms with Crippen molar-refractivity contribution < 1.29 is 0 Å². The molecule has 1 aliphatic heterocycles. The van der Waals surface area contributed by atoms with E-state index in [-0.39, 0.29) is 0 Å². The van der Waals surface area contributed by atoms with E-state index in [9.17, 15) is 0 Å². The lowest BCUT2D eigenvalue weighted by Crippen LogP contribution is -2.18. The van der Waals surface area contributed by atoms with E-state index in [0.29, 0.717) is 0 Å². The summed E-state index contributed by atoms with van der Waals surface area (Å²) in [5, 5.41) is 5.27. The molecule has 4 aromatic rings. The Kier molecular flexibility index (Phi) is 3.71. The average Bonchev–Trinajstić information content (AvgIpc) is 3.41. The molecule has 1 aromatic carbocycles. The van der Waals surface area contributed by atoms with Gasteiger partial charge in [-0.25, -0.2) is 9.97 Å². The standard InChI is InChI=1S/C20H19N5S/c1-24-13-16(12-22-24)14-4-6-18-17(10-14)23-20(26-18)15-5-7-19(21-11-15)25-8-2-3-9-25/h4-7,10-13H,2-3,8-9H2,1H3. The third-order valence-corrected chi connectivity index (χ3v) is 5.94. The topological polar surface area (TPSA) is 46.8 Å². The van der Waals surface area contributed by atoms with Crippen molar-refractivity contribution in [2.24, 2.45) is 7.05 Å². The van der Waals surface area contributed by atoms with Crippen molar-refractivity contribution in [1.29, 1.82) is 0 Å². The van der Waals surface area contributed by atoms with E-state index in [1.54, 1.807) is 11.3 Å². The smallest absolute Gasteiger partial charge is 0.128 e. The monoisotopic (exact) mass is 361 g/mol. The average molecular weight is 361 g/mol. The third-order valence-electron chi connectivity index (χ3n) is 4.85. The Hall–Kier alpha value is -2.73. The molecule has 0 saturated carbocycles. The predicted molar refractivity (Wildman–Crippen MR) is 107 cm³/mol. The maximum atomic E-state index is 4.84. The molecule has 0 atom stereocenters. The first-order valence-corrected chi connectivity index (χ1v) is 9.69. The molecule has 4 heterocycles. The highest BCUT2D eigenvalue weighted by Gasteiger charge is 2.14. The molecule has 5 rings (SSSR count). The summed E-state index contributed by atoms with van der Waals surface area (Å²) in [5.41, 5.74) is 4.36. The molecule has 130 valence electrons. The summed E-state index contributed by atoms with van der Waals surface area (Å²) in [4.78, 5) is 11.8. The van der Waals surface area contributed by atoms with E-state index in [1.165, 1.54) is 17.5 Å². The number of aryl methyl sites for hydroxylation is 1. The van der Waals surface area contributed by atoms with Crippen LogP contribution in [0.25, 0.3) is 31.9 Å². The normalized spacial score (nSPS) is 14.4. The highest BCUT2D eigenvalue weighted by Crippen LogP contribution is 2.33. The Morgan fingerprint density at radius 1 is 0.962 bits per heavy atom. The maximum absolute atomic E-state index is 4.84. The van der Waals surface area contributed by atoms with Crippen molar-refractivity contribution in [2.45, 2.75) is 12.8 Å². The van der Waals surface area contributed by atoms with Crippen LogP contribution in [0.2, 0.25) is 0 Å². The second-order valence-corrected chi connectivity index (χ2v) is 7.73. The molecule has 1 fully saturated rings. The Labute approximate surface area is 155 Å². The molecule has 26 heavy (non-hydrogen) atoms. The summed E-state index contributed by atoms with van der Waals surface area (Å²) in [6.45, 7) is 2.23. The van der Waals surface area contributed by atoms with Crippen molar-refractivity contribution in [3.8, 4) is 21.7 Å². The molecule has 0 amide bonds. The van der Waals surface area contributed by atoms with Gasteiger partial charge in [-0.15, -0.1) is 11.3 Å². The minimum atomic E-state index is 1.02. The first kappa shape index (κ1) is 15.5. The molecule has 0 spiro atoms. The lowest BCUT2D eigenvalue weighted by atomic mass is 10.1. The number of nitrogens with zero attached hydrogens (tertiary/aromatic N) is 5. The van der Waals surface area contributed by atoms with E-state index in [0.717, 1.165) is 46.1 Å². The van der Waals surface area contributed by atoms with Crippen molar-refractivity contribution in [3.63, 3.8) is 0 Å². The van der Waals surface area contributed by atoms with Gasteiger partial charge in [-0.3, -0.25) is 4.68 Å². The summed E-state index contributed by atoms with van der Waals surface area (Å²) in [6.07, 6.45) is 8.39. The zero-order valence-electron chi connectivity index (χ0n) is 14.6. The van der Waals surface area contributed by atoms with Gasteiger partial charge >= 0.3 is 0 Å². The van der Waals surface area contributed by atoms with Gasteiger partial charge in [-0.05, 0) is 42.7 Å². The molecule has 0 unspecified atom stereocenters. The number of hydrogen-bond donors (Lipinski definition) is 0. The molecule has 0 radical (unpaired) electrons. The first-order chi connectivity index (χ1) is 12.8. The molecular formula is C20H19N5S. The van der Waals surface area contributed by atoms with E-state index in [1.807, 2.05) is 30.3 Å². The Morgan fingerprint density at radius 2 is 1.81 bits per heavy atom. The summed E-state index contributed by atoms with van der Waals surface area (Å²) in [5.74, 6) is 1.08. The molecule has 6 heteroatoms. The van der Waals surface area contributed by atoms with Crippen LogP contribution in [0.15, 0.2) is 48.9 Å². The van der Waals surface area contributed by atoms with Crippen LogP contribution in [0.5, 0.6) is 0 Å². The van der Waals surface area contributed by atoms with E-state index >= 15 is 0 Å². The zero-order valence-corrected chi connectivity index (χ0v) is 15.4. The number of aromatic nitrogens is 4. The van der Waals surface area contributed by atoms with Gasteiger partial charge in [-0.2, -0.15) is 5.10 Å². The molecule has 0 N–H and O–H groups in total. The van der Waals surface area contributed by atoms with Gasteiger partial charge in [0, 0.05) is 43.7 Å². The second-order valence-electron chi connectivity index (χ2n) is 6.70. The molecule has 0 bridgehead atoms. The maximum Gasteiger partial charge on any atom is 0.128 e. The lowest BCUT2D eigenvalue weighted by molar-refractivity contribution is 0.768. The van der Waals surface area contributed by atoms with Crippen LogP contribution in [0.4, 0.5) is 5.82 Å². The largest absolute Gasteiger partial charge is 0.357 e. The predicted octanol–water partition coefficient (Wildman–Crippen LogP) is 4.36. The van der Waals surface area contributed by atoms with Gasteiger partial charge < -0.3 is 4.90 Å². The van der Waals surface area contributed by atoms with Crippen LogP contribution >= 0.6 is 11.3 Å². The Bertz CT molecular complexity index is 1060. The summed E-state index contributed by atoms with van der Waals surface area (Å²) < 4.78 is 3.01. The number of hydrogen-bond acceptors (Lipinski definition) is 5. The van der Waals surface area contributed by atoms with Gasteiger partial charge in [0.25, 0.3) is 0 Å². The number of rotatable bonds is 3. The SMILES string of the molecule is Cn1cc(-c2ccc3sc(-c4ccc(N5CCCC5)nc4)nc3c2)cn1. The zero-order chi connectivity index (χ0) is 17.5. The second kappa shape index (κ2) is 6.21. The van der Waals surface area contributed by atoms with Gasteiger partial charge in [0.2, 0.25) is 0 Å². The van der Waals surface area contributed by atoms with E-state index in [2.05, 4.69) is 45.3 Å². The number of fused-ring (bicyclic) bond motifs is 1. The Morgan fingerprint density at radius 3 is 2.54 bits per heavy atom. The third kappa shape index (κ3) is 2.76. The van der Waals surface area contributed by atoms with Crippen molar-refractivity contribution >= 4 is 27.4 Å². The van der Waals surface area contributed by atoms with E-state index < -0.39 is 0 Å². The number of pyridine rings is 1. The van der Waals surface area contributed by atoms with Crippen molar-refractivity contribution in [3.05, 3.63) is 48.9 Å². The van der Waals surface area contributed by atoms with Crippen LogP contribution in [0.3, 0.4) is 0 Å². The lowest BCUT2D eigenvalue weighted by Gasteiger charge is -2.15. The first-order valence-electron chi connectivity index (χ1n) is 8.87. The molecule has 0 aliphatic carbocycles. The fourth-order valence-electron chi connectivity index (χ4n) is 3.45. The van der Waals surface area contributed by atoms with Gasteiger partial charge in [0.1, 0.15) is 10.8 Å². The van der Waals surface area contributed by atoms with Crippen LogP contribution in [0, 0.1) is 0 Å². The fourth-order valence-corrected chi connectivity index (χ4v) is 4.38. The molecule has 3 aromatic heterocycles. The van der Waals surface area contributed by atoms with Crippen molar-refractivity contribution in [1.82, 2.24) is 19.7 Å². The number of anilines is 1. The van der Waals surface area contributed by atoms with Crippen LogP contribution in [-0.4, -0.2) is 32.8 Å². The molecule has 5 nitrogen and oxygen atoms in total. The van der Waals surface area contributed by atoms with Gasteiger partial charge in [0.05, 0.1) is 16.4 Å². The summed E-state index contributed by atoms with van der Waals surface area (Å²) >= 11 is 1.71. The van der Waals surface area contributed by atoms with Crippen LogP contribution < -0.4 is 4.90 Å². The van der Waals surface area contributed by atoms with Crippen LogP contribution in [-0.2, 0) is 7.05 Å². The van der Waals surface area contributed by atoms with Gasteiger partial charge in [-0.1, -0.05) is 6.07 Å². The number of thiazole rings is 1. The Balaban J connectivity index is 1.47. The van der Waals surface area contributed by atoms with Crippen molar-refractivity contribution in [2.75, 3.05) is 18.0 Å². The van der Waals surface area contributed by atoms with E-state index in [4.69, 9.17) is 4.98 Å². The molecular weight excluding hydrogens is 342 g/mol. The summed E-state index contributed by atoms with van der Waals surface area (Å²) in [6, 6.07) is 10.7. The highest BCUT2D eigenvalue weighted by atomic mass is 32.1. The fraction of sp³-hybridized carbons (Fsp3) is 0.250. The molecule has 1 aliphatic rings. The molecule has 1 saturated heterocycles. The summed E-state index contributed by atoms with van der Waals surface area (Å²) in [7, 11) is 1.93. The van der Waals surface area contributed by atoms with Crippen LogP contribution in [0.1, 0.15) is 12.8 Å². The minimum absolute atomic E-state index is 1.02. The minimum Gasteiger partial charge on any atom is -0.357 e.